The molecule has 9 heteroatoms. The number of aliphatic hydroxyl groups excluding tert-OH is 1. The van der Waals surface area contributed by atoms with Gasteiger partial charge >= 0.3 is 5.69 Å². The van der Waals surface area contributed by atoms with E-state index in [4.69, 9.17) is 25.8 Å². The Kier molecular flexibility index (Phi) is 3.45. The lowest BCUT2D eigenvalue weighted by atomic mass is 10.1. The first kappa shape index (κ1) is 14.7. The fourth-order valence-corrected chi connectivity index (χ4v) is 3.00. The van der Waals surface area contributed by atoms with E-state index < -0.39 is 41.6 Å². The summed E-state index contributed by atoms with van der Waals surface area (Å²) in [7, 11) is 0. The lowest BCUT2D eigenvalue weighted by Crippen LogP contribution is -2.38. The molecule has 116 valence electrons. The average molecular weight is 319 g/mol. The van der Waals surface area contributed by atoms with Crippen molar-refractivity contribution in [3.05, 3.63) is 32.1 Å². The molecule has 0 spiro atoms. The standard InChI is InChI=1S/C12H15ClN2O6/c1-12(2)20-8-5(4-16)19-10(9(8)21-12)15-6(13)3-7(17)14-11(15)18/h3,5,8-10,16H,4H2,1-2H3,(H,14,17,18)/t5-,8-,9-,10-/m1/s1. The lowest BCUT2D eigenvalue weighted by Gasteiger charge is -2.24. The van der Waals surface area contributed by atoms with Crippen LogP contribution in [-0.2, 0) is 14.2 Å². The fraction of sp³-hybridized carbons (Fsp3) is 0.667. The molecule has 0 amide bonds. The number of halogens is 1. The van der Waals surface area contributed by atoms with Crippen LogP contribution in [0.15, 0.2) is 15.7 Å². The molecule has 1 aromatic heterocycles. The van der Waals surface area contributed by atoms with Crippen molar-refractivity contribution in [3.8, 4) is 0 Å². The molecular formula is C12H15ClN2O6. The Balaban J connectivity index is 2.04. The Bertz CT molecular complexity index is 668. The van der Waals surface area contributed by atoms with Gasteiger partial charge in [-0.3, -0.25) is 14.3 Å². The summed E-state index contributed by atoms with van der Waals surface area (Å²) in [6.45, 7) is 3.18. The first-order valence-electron chi connectivity index (χ1n) is 6.46. The molecule has 0 bridgehead atoms. The van der Waals surface area contributed by atoms with Gasteiger partial charge in [-0.2, -0.15) is 0 Å². The van der Waals surface area contributed by atoms with Crippen LogP contribution in [-0.4, -0.2) is 45.4 Å². The minimum Gasteiger partial charge on any atom is -0.394 e. The Morgan fingerprint density at radius 1 is 1.38 bits per heavy atom. The number of ether oxygens (including phenoxy) is 3. The monoisotopic (exact) mass is 318 g/mol. The van der Waals surface area contributed by atoms with Crippen LogP contribution in [0.4, 0.5) is 0 Å². The molecule has 0 aliphatic carbocycles. The van der Waals surface area contributed by atoms with Crippen LogP contribution in [0.5, 0.6) is 0 Å². The summed E-state index contributed by atoms with van der Waals surface area (Å²) in [5.74, 6) is -0.858. The summed E-state index contributed by atoms with van der Waals surface area (Å²) >= 11 is 5.97. The molecule has 2 saturated heterocycles. The third kappa shape index (κ3) is 2.43. The molecule has 8 nitrogen and oxygen atoms in total. The number of aromatic nitrogens is 2. The third-order valence-electron chi connectivity index (χ3n) is 3.49. The fourth-order valence-electron chi connectivity index (χ4n) is 2.73. The predicted molar refractivity (Wildman–Crippen MR) is 71.2 cm³/mol. The summed E-state index contributed by atoms with van der Waals surface area (Å²) < 4.78 is 18.1. The van der Waals surface area contributed by atoms with E-state index in [0.717, 1.165) is 10.6 Å². The molecule has 2 aliphatic rings. The van der Waals surface area contributed by atoms with E-state index in [1.165, 1.54) is 0 Å². The van der Waals surface area contributed by atoms with Crippen molar-refractivity contribution in [2.24, 2.45) is 0 Å². The van der Waals surface area contributed by atoms with Gasteiger partial charge in [-0.25, -0.2) is 4.79 Å². The zero-order chi connectivity index (χ0) is 15.4. The smallest absolute Gasteiger partial charge is 0.331 e. The van der Waals surface area contributed by atoms with Gasteiger partial charge in [0.2, 0.25) is 0 Å². The Hall–Kier alpha value is -1.19. The van der Waals surface area contributed by atoms with Gasteiger partial charge in [0.15, 0.2) is 12.0 Å². The summed E-state index contributed by atoms with van der Waals surface area (Å²) in [5, 5.41) is 9.32. The topological polar surface area (TPSA) is 103 Å². The highest BCUT2D eigenvalue weighted by Crippen LogP contribution is 2.42. The second-order valence-corrected chi connectivity index (χ2v) is 5.83. The number of rotatable bonds is 2. The van der Waals surface area contributed by atoms with Crippen molar-refractivity contribution in [1.29, 1.82) is 0 Å². The van der Waals surface area contributed by atoms with Crippen molar-refractivity contribution < 1.29 is 19.3 Å². The van der Waals surface area contributed by atoms with Crippen LogP contribution in [0.2, 0.25) is 5.15 Å². The predicted octanol–water partition coefficient (Wildman–Crippen LogP) is -0.400. The van der Waals surface area contributed by atoms with Crippen LogP contribution in [0.25, 0.3) is 0 Å². The maximum absolute atomic E-state index is 12.0. The SMILES string of the molecule is CC1(C)O[C@@H]2[C@H](O1)[C@@H](CO)O[C@H]2n1c(Cl)cc(=O)[nH]c1=O. The van der Waals surface area contributed by atoms with Crippen LogP contribution in [0, 0.1) is 0 Å². The molecule has 2 aliphatic heterocycles. The van der Waals surface area contributed by atoms with Crippen molar-refractivity contribution in [2.45, 2.75) is 44.2 Å². The van der Waals surface area contributed by atoms with Crippen LogP contribution < -0.4 is 11.2 Å². The second kappa shape index (κ2) is 4.92. The maximum Gasteiger partial charge on any atom is 0.331 e. The highest BCUT2D eigenvalue weighted by atomic mass is 35.5. The Morgan fingerprint density at radius 2 is 2.05 bits per heavy atom. The number of nitrogens with zero attached hydrogens (tertiary/aromatic N) is 1. The largest absolute Gasteiger partial charge is 0.394 e. The summed E-state index contributed by atoms with van der Waals surface area (Å²) in [6.07, 6.45) is -2.66. The molecule has 3 rings (SSSR count). The van der Waals surface area contributed by atoms with E-state index in [1.54, 1.807) is 13.8 Å². The van der Waals surface area contributed by atoms with Gasteiger partial charge in [0.05, 0.1) is 6.61 Å². The average Bonchev–Trinajstić information content (AvgIpc) is 2.82. The maximum atomic E-state index is 12.0. The van der Waals surface area contributed by atoms with E-state index >= 15 is 0 Å². The van der Waals surface area contributed by atoms with E-state index in [-0.39, 0.29) is 11.8 Å². The third-order valence-corrected chi connectivity index (χ3v) is 3.78. The molecule has 3 heterocycles. The van der Waals surface area contributed by atoms with Gasteiger partial charge in [-0.05, 0) is 13.8 Å². The zero-order valence-electron chi connectivity index (χ0n) is 11.4. The molecule has 0 radical (unpaired) electrons. The minimum absolute atomic E-state index is 0.0700. The quantitative estimate of drug-likeness (QED) is 0.719. The van der Waals surface area contributed by atoms with E-state index in [0.29, 0.717) is 0 Å². The van der Waals surface area contributed by atoms with Crippen molar-refractivity contribution in [2.75, 3.05) is 6.61 Å². The summed E-state index contributed by atoms with van der Waals surface area (Å²) in [5.41, 5.74) is -1.30. The van der Waals surface area contributed by atoms with Gasteiger partial charge in [0.25, 0.3) is 5.56 Å². The minimum atomic E-state index is -0.884. The van der Waals surface area contributed by atoms with Crippen LogP contribution >= 0.6 is 11.6 Å². The molecule has 21 heavy (non-hydrogen) atoms. The van der Waals surface area contributed by atoms with E-state index in [9.17, 15) is 14.7 Å². The summed E-state index contributed by atoms with van der Waals surface area (Å²) in [4.78, 5) is 25.3. The van der Waals surface area contributed by atoms with E-state index in [1.807, 2.05) is 0 Å². The first-order chi connectivity index (χ1) is 9.82. The van der Waals surface area contributed by atoms with Crippen molar-refractivity contribution >= 4 is 11.6 Å². The molecule has 2 fully saturated rings. The summed E-state index contributed by atoms with van der Waals surface area (Å²) in [6, 6.07) is 1.08. The van der Waals surface area contributed by atoms with Gasteiger partial charge < -0.3 is 19.3 Å². The molecule has 4 atom stereocenters. The molecular weight excluding hydrogens is 304 g/mol. The number of nitrogens with one attached hydrogen (secondary N) is 1. The molecule has 0 saturated carbocycles. The number of hydrogen-bond donors (Lipinski definition) is 2. The zero-order valence-corrected chi connectivity index (χ0v) is 12.2. The number of fused-ring (bicyclic) bond motifs is 1. The highest BCUT2D eigenvalue weighted by molar-refractivity contribution is 6.29. The van der Waals surface area contributed by atoms with Crippen molar-refractivity contribution in [1.82, 2.24) is 9.55 Å². The highest BCUT2D eigenvalue weighted by Gasteiger charge is 2.56. The molecule has 0 unspecified atom stereocenters. The van der Waals surface area contributed by atoms with Crippen molar-refractivity contribution in [3.63, 3.8) is 0 Å². The van der Waals surface area contributed by atoms with Gasteiger partial charge in [0, 0.05) is 6.07 Å². The number of aliphatic hydroxyl groups is 1. The molecule has 2 N–H and O–H groups in total. The van der Waals surface area contributed by atoms with Gasteiger partial charge in [-0.1, -0.05) is 11.6 Å². The normalized spacial score (nSPS) is 34.1. The number of hydrogen-bond acceptors (Lipinski definition) is 6. The Labute approximate surface area is 124 Å². The number of H-pyrrole nitrogens is 1. The van der Waals surface area contributed by atoms with Crippen LogP contribution in [0.1, 0.15) is 20.1 Å². The molecule has 1 aromatic rings. The second-order valence-electron chi connectivity index (χ2n) is 5.44. The number of aromatic amines is 1. The lowest BCUT2D eigenvalue weighted by molar-refractivity contribution is -0.200. The first-order valence-corrected chi connectivity index (χ1v) is 6.83. The molecule has 0 aromatic carbocycles. The van der Waals surface area contributed by atoms with E-state index in [2.05, 4.69) is 4.98 Å². The van der Waals surface area contributed by atoms with Gasteiger partial charge in [0.1, 0.15) is 23.5 Å². The van der Waals surface area contributed by atoms with Crippen LogP contribution in [0.3, 0.4) is 0 Å². The Morgan fingerprint density at radius 3 is 2.67 bits per heavy atom. The van der Waals surface area contributed by atoms with Gasteiger partial charge in [-0.15, -0.1) is 0 Å².